The van der Waals surface area contributed by atoms with Gasteiger partial charge in [0, 0.05) is 49.6 Å². The molecule has 4 heterocycles. The quantitative estimate of drug-likeness (QED) is 0.928. The third kappa shape index (κ3) is 2.67. The lowest BCUT2D eigenvalue weighted by Gasteiger charge is -2.22. The first-order valence-corrected chi connectivity index (χ1v) is 8.88. The minimum Gasteiger partial charge on any atom is -0.356 e. The molecule has 1 aliphatic carbocycles. The summed E-state index contributed by atoms with van der Waals surface area (Å²) in [7, 11) is 0. The normalized spacial score (nSPS) is 25.5. The Balaban J connectivity index is 1.24. The summed E-state index contributed by atoms with van der Waals surface area (Å²) in [5, 5.41) is 7.23. The monoisotopic (exact) mass is 341 g/mol. The number of carbonyl (C=O) groups is 1. The van der Waals surface area contributed by atoms with Gasteiger partial charge in [-0.15, -0.1) is 0 Å². The molecule has 3 fully saturated rings. The van der Waals surface area contributed by atoms with Gasteiger partial charge in [0.1, 0.15) is 17.3 Å². The first-order chi connectivity index (χ1) is 12.2. The van der Waals surface area contributed by atoms with E-state index < -0.39 is 0 Å². The van der Waals surface area contributed by atoms with Gasteiger partial charge in [0.05, 0.1) is 6.20 Å². The van der Waals surface area contributed by atoms with Crippen molar-refractivity contribution in [1.29, 1.82) is 0 Å². The number of hydrogen-bond donors (Lipinski definition) is 1. The van der Waals surface area contributed by atoms with Crippen molar-refractivity contribution in [2.24, 2.45) is 11.8 Å². The van der Waals surface area contributed by atoms with E-state index in [0.29, 0.717) is 23.4 Å². The summed E-state index contributed by atoms with van der Waals surface area (Å²) in [6.07, 6.45) is 3.64. The van der Waals surface area contributed by atoms with Crippen LogP contribution in [0.2, 0.25) is 0 Å². The maximum Gasteiger partial charge on any atom is 0.274 e. The molecular weight excluding hydrogens is 321 g/mol. The number of halogens is 1. The van der Waals surface area contributed by atoms with Gasteiger partial charge in [-0.3, -0.25) is 9.89 Å². The molecule has 2 saturated heterocycles. The second-order valence-electron chi connectivity index (χ2n) is 7.45. The molecular formula is C18H20FN5O. The molecule has 0 aromatic carbocycles. The Bertz CT molecular complexity index is 786. The van der Waals surface area contributed by atoms with Crippen LogP contribution in [0.3, 0.4) is 0 Å². The number of likely N-dealkylation sites (tertiary alicyclic amines) is 1. The first-order valence-electron chi connectivity index (χ1n) is 8.88. The Morgan fingerprint density at radius 2 is 1.92 bits per heavy atom. The standard InChI is InChI=1S/C18H20FN5O/c19-14-3-4-17(20-6-14)23-7-12-9-24(10-13(12)8-23)18(25)16-5-15(21-22-16)11-1-2-11/h3-6,11-13H,1-2,7-10H2,(H,21,22). The van der Waals surface area contributed by atoms with Gasteiger partial charge in [0.15, 0.2) is 0 Å². The zero-order chi connectivity index (χ0) is 17.0. The fraction of sp³-hybridized carbons (Fsp3) is 0.500. The van der Waals surface area contributed by atoms with Crippen molar-refractivity contribution in [2.45, 2.75) is 18.8 Å². The lowest BCUT2D eigenvalue weighted by molar-refractivity contribution is 0.0776. The SMILES string of the molecule is O=C(c1cc(C2CC2)[nH]n1)N1CC2CN(c3ccc(F)cn3)CC2C1. The highest BCUT2D eigenvalue weighted by atomic mass is 19.1. The fourth-order valence-corrected chi connectivity index (χ4v) is 4.11. The van der Waals surface area contributed by atoms with Crippen LogP contribution in [0.15, 0.2) is 24.4 Å². The summed E-state index contributed by atoms with van der Waals surface area (Å²) in [6.45, 7) is 3.24. The summed E-state index contributed by atoms with van der Waals surface area (Å²) in [5.74, 6) is 1.99. The van der Waals surface area contributed by atoms with Gasteiger partial charge in [-0.2, -0.15) is 5.10 Å². The Kier molecular flexibility index (Phi) is 3.29. The lowest BCUT2D eigenvalue weighted by atomic mass is 10.0. The zero-order valence-corrected chi connectivity index (χ0v) is 13.9. The van der Waals surface area contributed by atoms with Gasteiger partial charge < -0.3 is 9.80 Å². The molecule has 0 bridgehead atoms. The molecule has 0 spiro atoms. The second kappa shape index (κ2) is 5.54. The number of nitrogens with one attached hydrogen (secondary N) is 1. The highest BCUT2D eigenvalue weighted by molar-refractivity contribution is 5.92. The summed E-state index contributed by atoms with van der Waals surface area (Å²) in [4.78, 5) is 21.0. The Hall–Kier alpha value is -2.44. The minimum atomic E-state index is -0.315. The summed E-state index contributed by atoms with van der Waals surface area (Å²) >= 11 is 0. The van der Waals surface area contributed by atoms with E-state index in [4.69, 9.17) is 0 Å². The van der Waals surface area contributed by atoms with Gasteiger partial charge in [-0.05, 0) is 31.0 Å². The molecule has 2 atom stereocenters. The maximum atomic E-state index is 13.0. The topological polar surface area (TPSA) is 65.1 Å². The number of aromatic amines is 1. The number of aromatic nitrogens is 3. The van der Waals surface area contributed by atoms with Gasteiger partial charge in [-0.25, -0.2) is 9.37 Å². The van der Waals surface area contributed by atoms with Crippen LogP contribution in [0.5, 0.6) is 0 Å². The number of carbonyl (C=O) groups excluding carboxylic acids is 1. The molecule has 6 nitrogen and oxygen atoms in total. The van der Waals surface area contributed by atoms with E-state index in [1.807, 2.05) is 11.0 Å². The van der Waals surface area contributed by atoms with Crippen LogP contribution < -0.4 is 4.90 Å². The van der Waals surface area contributed by atoms with Gasteiger partial charge in [-0.1, -0.05) is 0 Å². The van der Waals surface area contributed by atoms with Crippen molar-refractivity contribution in [1.82, 2.24) is 20.1 Å². The number of nitrogens with zero attached hydrogens (tertiary/aromatic N) is 4. The van der Waals surface area contributed by atoms with Crippen LogP contribution in [0.25, 0.3) is 0 Å². The molecule has 25 heavy (non-hydrogen) atoms. The van der Waals surface area contributed by atoms with Gasteiger partial charge in [0.25, 0.3) is 5.91 Å². The number of rotatable bonds is 3. The average Bonchev–Trinajstić information content (AvgIpc) is 3.04. The van der Waals surface area contributed by atoms with E-state index in [-0.39, 0.29) is 11.7 Å². The predicted octanol–water partition coefficient (Wildman–Crippen LogP) is 2.03. The van der Waals surface area contributed by atoms with Crippen LogP contribution in [-0.2, 0) is 0 Å². The molecule has 0 radical (unpaired) electrons. The molecule has 1 saturated carbocycles. The molecule has 2 aromatic heterocycles. The minimum absolute atomic E-state index is 0.0315. The molecule has 5 rings (SSSR count). The van der Waals surface area contributed by atoms with E-state index in [0.717, 1.165) is 37.7 Å². The van der Waals surface area contributed by atoms with E-state index in [9.17, 15) is 9.18 Å². The van der Waals surface area contributed by atoms with Crippen LogP contribution in [-0.4, -0.2) is 52.2 Å². The smallest absolute Gasteiger partial charge is 0.274 e. The maximum absolute atomic E-state index is 13.0. The number of amides is 1. The highest BCUT2D eigenvalue weighted by Gasteiger charge is 2.42. The number of H-pyrrole nitrogens is 1. The third-order valence-electron chi connectivity index (χ3n) is 5.64. The van der Waals surface area contributed by atoms with Crippen molar-refractivity contribution in [3.8, 4) is 0 Å². The number of pyridine rings is 1. The average molecular weight is 341 g/mol. The Morgan fingerprint density at radius 3 is 2.56 bits per heavy atom. The van der Waals surface area contributed by atoms with Gasteiger partial charge in [0.2, 0.25) is 0 Å². The van der Waals surface area contributed by atoms with Crippen molar-refractivity contribution < 1.29 is 9.18 Å². The first kappa shape index (κ1) is 14.9. The van der Waals surface area contributed by atoms with E-state index in [1.165, 1.54) is 25.1 Å². The highest BCUT2D eigenvalue weighted by Crippen LogP contribution is 2.39. The molecule has 2 aromatic rings. The fourth-order valence-electron chi connectivity index (χ4n) is 4.11. The van der Waals surface area contributed by atoms with Crippen LogP contribution in [0, 0.1) is 17.7 Å². The van der Waals surface area contributed by atoms with Crippen LogP contribution >= 0.6 is 0 Å². The third-order valence-corrected chi connectivity index (χ3v) is 5.64. The molecule has 130 valence electrons. The zero-order valence-electron chi connectivity index (χ0n) is 13.9. The molecule has 2 unspecified atom stereocenters. The second-order valence-corrected chi connectivity index (χ2v) is 7.45. The van der Waals surface area contributed by atoms with E-state index in [1.54, 1.807) is 6.07 Å². The molecule has 3 aliphatic rings. The number of fused-ring (bicyclic) bond motifs is 1. The number of hydrogen-bond acceptors (Lipinski definition) is 4. The van der Waals surface area contributed by atoms with Crippen molar-refractivity contribution >= 4 is 11.7 Å². The van der Waals surface area contributed by atoms with Crippen LogP contribution in [0.4, 0.5) is 10.2 Å². The summed E-state index contributed by atoms with van der Waals surface area (Å²) < 4.78 is 13.0. The summed E-state index contributed by atoms with van der Waals surface area (Å²) in [5.41, 5.74) is 1.63. The summed E-state index contributed by atoms with van der Waals surface area (Å²) in [6, 6.07) is 5.09. The van der Waals surface area contributed by atoms with Crippen molar-refractivity contribution in [3.63, 3.8) is 0 Å². The van der Waals surface area contributed by atoms with Crippen molar-refractivity contribution in [2.75, 3.05) is 31.1 Å². The van der Waals surface area contributed by atoms with Crippen molar-refractivity contribution in [3.05, 3.63) is 41.6 Å². The lowest BCUT2D eigenvalue weighted by Crippen LogP contribution is -2.33. The molecule has 7 heteroatoms. The van der Waals surface area contributed by atoms with Crippen LogP contribution in [0.1, 0.15) is 34.9 Å². The number of anilines is 1. The van der Waals surface area contributed by atoms with E-state index >= 15 is 0 Å². The Morgan fingerprint density at radius 1 is 1.16 bits per heavy atom. The predicted molar refractivity (Wildman–Crippen MR) is 89.9 cm³/mol. The Labute approximate surface area is 145 Å². The van der Waals surface area contributed by atoms with E-state index in [2.05, 4.69) is 20.1 Å². The van der Waals surface area contributed by atoms with Gasteiger partial charge >= 0.3 is 0 Å². The largest absolute Gasteiger partial charge is 0.356 e. The molecule has 1 N–H and O–H groups in total. The molecule has 2 aliphatic heterocycles. The molecule has 1 amide bonds.